The Balaban J connectivity index is 0.000000144. The first-order valence-corrected chi connectivity index (χ1v) is 27.1. The van der Waals surface area contributed by atoms with Crippen molar-refractivity contribution in [1.82, 2.24) is 9.13 Å². The summed E-state index contributed by atoms with van der Waals surface area (Å²) in [7, 11) is -1.57. The average Bonchev–Trinajstić information content (AvgIpc) is 3.96. The molecule has 0 N–H and O–H groups in total. The molecule has 0 radical (unpaired) electrons. The smallest absolute Gasteiger partial charge is 0.366 e. The van der Waals surface area contributed by atoms with Crippen LogP contribution in [0, 0.1) is 24.7 Å². The summed E-state index contributed by atoms with van der Waals surface area (Å²) < 4.78 is 4.50. The van der Waals surface area contributed by atoms with E-state index in [0.29, 0.717) is 0 Å². The number of para-hydroxylation sites is 4. The van der Waals surface area contributed by atoms with Crippen molar-refractivity contribution in [2.24, 2.45) is 0 Å². The van der Waals surface area contributed by atoms with E-state index in [2.05, 4.69) is 239 Å². The topological polar surface area (TPSA) is 9.86 Å². The van der Waals surface area contributed by atoms with E-state index in [1.807, 2.05) is 48.5 Å². The quantitative estimate of drug-likeness (QED) is 0.0590. The molecule has 0 atom stereocenters. The van der Waals surface area contributed by atoms with Crippen LogP contribution >= 0.6 is 15.8 Å². The van der Waals surface area contributed by atoms with Crippen molar-refractivity contribution in [3.8, 4) is 23.2 Å². The Labute approximate surface area is 457 Å². The van der Waals surface area contributed by atoms with E-state index in [1.165, 1.54) is 60.7 Å². The summed E-state index contributed by atoms with van der Waals surface area (Å²) in [5.41, 5.74) is 8.50. The third kappa shape index (κ3) is 11.5. The standard InChI is InChI=1S/C26H24P2.2C20H12N.2Au/c1-5-13-23(14-6-1)27(24-15-7-2-8-16-24)21-22-28(25-17-9-3-10-18-25)26-19-11-4-12-20-26;1-2-15-12-13-20-18(14-15)17-10-6-7-11-19(17)21(20)16-8-4-3-5-9-16;1-2-15-12-13-18-17-10-6-7-11-19(17)21(20(18)14-15)16-8-4-3-5-9-16;;/h1-20H,21-22H2;2*3-14H;;/q;2*-1;2*+1/p+2. The van der Waals surface area contributed by atoms with Crippen LogP contribution in [0.1, 0.15) is 11.1 Å². The molecule has 0 saturated heterocycles. The first-order valence-electron chi connectivity index (χ1n) is 23.6. The summed E-state index contributed by atoms with van der Waals surface area (Å²) in [5.74, 6) is 4.95. The average molecular weight is 1330 g/mol. The number of hydrogen-bond donors (Lipinski definition) is 0. The number of rotatable bonds is 9. The van der Waals surface area contributed by atoms with Crippen LogP contribution in [-0.2, 0) is 44.8 Å². The van der Waals surface area contributed by atoms with Crippen molar-refractivity contribution < 1.29 is 44.8 Å². The fraction of sp³-hybridized carbons (Fsp3) is 0.0303. The maximum Gasteiger partial charge on any atom is 1.00 e. The molecule has 2 aromatic heterocycles. The van der Waals surface area contributed by atoms with Crippen molar-refractivity contribution in [1.29, 1.82) is 0 Å². The van der Waals surface area contributed by atoms with Crippen molar-refractivity contribution in [2.45, 2.75) is 0 Å². The zero-order chi connectivity index (χ0) is 47.5. The second-order valence-electron chi connectivity index (χ2n) is 17.0. The molecule has 72 heavy (non-hydrogen) atoms. The van der Waals surface area contributed by atoms with Crippen molar-refractivity contribution in [2.75, 3.05) is 12.3 Å². The van der Waals surface area contributed by atoms with Crippen LogP contribution in [0.2, 0.25) is 0 Å². The predicted octanol–water partition coefficient (Wildman–Crippen LogP) is 14.2. The van der Waals surface area contributed by atoms with Crippen LogP contribution in [0.4, 0.5) is 0 Å². The fourth-order valence-electron chi connectivity index (χ4n) is 9.53. The minimum atomic E-state index is -0.783. The zero-order valence-corrected chi connectivity index (χ0v) is 45.6. The van der Waals surface area contributed by atoms with Gasteiger partial charge in [-0.3, -0.25) is 11.8 Å². The first-order chi connectivity index (χ1) is 34.7. The molecule has 0 aliphatic rings. The van der Waals surface area contributed by atoms with Gasteiger partial charge in [0.15, 0.2) is 0 Å². The molecule has 0 unspecified atom stereocenters. The number of fused-ring (bicyclic) bond motifs is 6. The van der Waals surface area contributed by atoms with E-state index in [-0.39, 0.29) is 44.8 Å². The number of benzene rings is 10. The molecular formula is C66H50Au2N2P2+2. The number of nitrogens with zero attached hydrogens (tertiary/aromatic N) is 2. The second kappa shape index (κ2) is 25.1. The molecule has 0 bridgehead atoms. The fourth-order valence-corrected chi connectivity index (χ4v) is 15.7. The van der Waals surface area contributed by atoms with Gasteiger partial charge in [0.1, 0.15) is 12.3 Å². The van der Waals surface area contributed by atoms with Crippen LogP contribution in [0.3, 0.4) is 0 Å². The zero-order valence-electron chi connectivity index (χ0n) is 39.3. The summed E-state index contributed by atoms with van der Waals surface area (Å²) in [6.45, 7) is 0. The molecule has 6 heteroatoms. The van der Waals surface area contributed by atoms with Crippen LogP contribution in [0.15, 0.2) is 267 Å². The molecular weight excluding hydrogens is 1280 g/mol. The molecule has 2 heterocycles. The van der Waals surface area contributed by atoms with Gasteiger partial charge in [-0.05, 0) is 90.3 Å². The van der Waals surface area contributed by atoms with Gasteiger partial charge in [0.25, 0.3) is 0 Å². The Bertz CT molecular complexity index is 3570. The molecule has 2 nitrogen and oxygen atoms in total. The Morgan fingerprint density at radius 3 is 1.01 bits per heavy atom. The molecule has 0 saturated carbocycles. The first kappa shape index (κ1) is 51.6. The minimum absolute atomic E-state index is 0. The van der Waals surface area contributed by atoms with Gasteiger partial charge in [-0.2, -0.15) is 0 Å². The second-order valence-corrected chi connectivity index (χ2v) is 22.2. The van der Waals surface area contributed by atoms with Crippen LogP contribution < -0.4 is 21.2 Å². The van der Waals surface area contributed by atoms with E-state index in [4.69, 9.17) is 12.8 Å². The van der Waals surface area contributed by atoms with Crippen LogP contribution in [0.25, 0.3) is 55.0 Å². The van der Waals surface area contributed by atoms with E-state index >= 15 is 0 Å². The maximum absolute atomic E-state index is 7.37. The molecule has 354 valence electrons. The molecule has 12 rings (SSSR count). The molecule has 0 fully saturated rings. The van der Waals surface area contributed by atoms with E-state index < -0.39 is 15.8 Å². The summed E-state index contributed by atoms with van der Waals surface area (Å²) in [5, 5.41) is 10.9. The maximum atomic E-state index is 7.37. The summed E-state index contributed by atoms with van der Waals surface area (Å²) in [6, 6.07) is 94.0. The Morgan fingerprint density at radius 2 is 0.597 bits per heavy atom. The molecule has 12 aromatic rings. The minimum Gasteiger partial charge on any atom is -0.366 e. The Kier molecular flexibility index (Phi) is 18.0. The summed E-state index contributed by atoms with van der Waals surface area (Å²) in [4.78, 5) is 0. The SMILES string of the molecule is [Au+].[Au+].[C-]#Cc1ccc2c(c1)c1ccccc1n2-c1ccccc1.[C-]#Cc1ccc2c3ccccc3n(-c3ccccc3)c2c1.c1ccc([PH+](CC[PH+](c2ccccc2)c2ccccc2)c2ccccc2)cc1. The molecule has 10 aromatic carbocycles. The van der Waals surface area contributed by atoms with Crippen molar-refractivity contribution >= 4 is 80.7 Å². The Hall–Kier alpha value is -6.74. The third-order valence-corrected chi connectivity index (χ3v) is 18.9. The van der Waals surface area contributed by atoms with Gasteiger partial charge in [0.05, 0.1) is 53.6 Å². The Morgan fingerprint density at radius 1 is 0.292 bits per heavy atom. The van der Waals surface area contributed by atoms with Crippen LogP contribution in [-0.4, -0.2) is 21.5 Å². The van der Waals surface area contributed by atoms with Gasteiger partial charge in [0, 0.05) is 33.1 Å². The van der Waals surface area contributed by atoms with Crippen molar-refractivity contribution in [3.05, 3.63) is 291 Å². The molecule has 0 aliphatic heterocycles. The normalized spacial score (nSPS) is 10.6. The molecule has 0 aliphatic carbocycles. The predicted molar refractivity (Wildman–Crippen MR) is 305 cm³/mol. The number of hydrogen-bond acceptors (Lipinski definition) is 0. The van der Waals surface area contributed by atoms with Gasteiger partial charge in [-0.1, -0.05) is 158 Å². The largest absolute Gasteiger partial charge is 1.00 e. The van der Waals surface area contributed by atoms with E-state index in [1.54, 1.807) is 0 Å². The van der Waals surface area contributed by atoms with Gasteiger partial charge >= 0.3 is 44.8 Å². The summed E-state index contributed by atoms with van der Waals surface area (Å²) >= 11 is 0. The van der Waals surface area contributed by atoms with Gasteiger partial charge < -0.3 is 22.0 Å². The van der Waals surface area contributed by atoms with E-state index in [9.17, 15) is 0 Å². The monoisotopic (exact) mass is 1330 g/mol. The van der Waals surface area contributed by atoms with Crippen molar-refractivity contribution in [3.63, 3.8) is 0 Å². The van der Waals surface area contributed by atoms with Crippen LogP contribution in [0.5, 0.6) is 0 Å². The molecule has 0 amide bonds. The van der Waals surface area contributed by atoms with Gasteiger partial charge in [-0.15, -0.1) is 35.4 Å². The summed E-state index contributed by atoms with van der Waals surface area (Å²) in [6.07, 6.45) is 17.2. The number of aromatic nitrogens is 2. The van der Waals surface area contributed by atoms with Gasteiger partial charge in [0.2, 0.25) is 0 Å². The molecule has 0 spiro atoms. The third-order valence-electron chi connectivity index (χ3n) is 12.8. The van der Waals surface area contributed by atoms with Gasteiger partial charge in [-0.25, -0.2) is 0 Å². The van der Waals surface area contributed by atoms with E-state index in [0.717, 1.165) is 38.9 Å².